The first-order chi connectivity index (χ1) is 10.7. The van der Waals surface area contributed by atoms with E-state index < -0.39 is 0 Å². The first kappa shape index (κ1) is 14.8. The summed E-state index contributed by atoms with van der Waals surface area (Å²) in [6.07, 6.45) is 8.92. The zero-order valence-corrected chi connectivity index (χ0v) is 13.4. The van der Waals surface area contributed by atoms with Gasteiger partial charge >= 0.3 is 0 Å². The van der Waals surface area contributed by atoms with E-state index >= 15 is 0 Å². The van der Waals surface area contributed by atoms with Crippen molar-refractivity contribution >= 4 is 11.3 Å². The lowest BCUT2D eigenvalue weighted by molar-refractivity contribution is 0.468. The van der Waals surface area contributed by atoms with Gasteiger partial charge in [-0.15, -0.1) is 11.3 Å². The second kappa shape index (κ2) is 6.76. The first-order valence-corrected chi connectivity index (χ1v) is 8.02. The van der Waals surface area contributed by atoms with E-state index in [0.29, 0.717) is 6.04 Å². The molecular weight excluding hydrogens is 296 g/mol. The standard InChI is InChI=1S/C15H18N6S/c1-11(9-21-6-5-17-12(21)2)19-7-13-10-22-15(20-13)14-8-16-3-4-18-14/h3-6,8,10-11,19H,7,9H2,1-2H3. The molecule has 22 heavy (non-hydrogen) atoms. The quantitative estimate of drug-likeness (QED) is 0.756. The highest BCUT2D eigenvalue weighted by Gasteiger charge is 2.08. The van der Waals surface area contributed by atoms with Crippen molar-refractivity contribution in [2.45, 2.75) is 33.0 Å². The van der Waals surface area contributed by atoms with Crippen molar-refractivity contribution in [2.75, 3.05) is 0 Å². The van der Waals surface area contributed by atoms with E-state index in [-0.39, 0.29) is 0 Å². The summed E-state index contributed by atoms with van der Waals surface area (Å²) < 4.78 is 2.14. The molecule has 0 amide bonds. The van der Waals surface area contributed by atoms with Crippen molar-refractivity contribution in [1.29, 1.82) is 0 Å². The third-order valence-corrected chi connectivity index (χ3v) is 4.27. The Morgan fingerprint density at radius 1 is 1.27 bits per heavy atom. The maximum absolute atomic E-state index is 4.60. The van der Waals surface area contributed by atoms with E-state index in [9.17, 15) is 0 Å². The van der Waals surface area contributed by atoms with Gasteiger partial charge in [-0.1, -0.05) is 0 Å². The van der Waals surface area contributed by atoms with Crippen molar-refractivity contribution < 1.29 is 0 Å². The van der Waals surface area contributed by atoms with Gasteiger partial charge in [0.15, 0.2) is 0 Å². The van der Waals surface area contributed by atoms with Crippen LogP contribution in [0.15, 0.2) is 36.4 Å². The molecule has 3 rings (SSSR count). The van der Waals surface area contributed by atoms with Gasteiger partial charge in [0.25, 0.3) is 0 Å². The summed E-state index contributed by atoms with van der Waals surface area (Å²) in [5.74, 6) is 1.03. The zero-order valence-electron chi connectivity index (χ0n) is 12.6. The molecule has 0 aliphatic carbocycles. The van der Waals surface area contributed by atoms with Crippen molar-refractivity contribution in [3.05, 3.63) is 47.9 Å². The van der Waals surface area contributed by atoms with E-state index in [4.69, 9.17) is 0 Å². The predicted molar refractivity (Wildman–Crippen MR) is 86.4 cm³/mol. The van der Waals surface area contributed by atoms with Crippen LogP contribution in [0.1, 0.15) is 18.4 Å². The Morgan fingerprint density at radius 2 is 2.18 bits per heavy atom. The first-order valence-electron chi connectivity index (χ1n) is 7.14. The van der Waals surface area contributed by atoms with E-state index in [0.717, 1.165) is 35.3 Å². The second-order valence-corrected chi connectivity index (χ2v) is 6.00. The topological polar surface area (TPSA) is 68.5 Å². The lowest BCUT2D eigenvalue weighted by Crippen LogP contribution is -2.30. The third-order valence-electron chi connectivity index (χ3n) is 3.36. The molecule has 7 heteroatoms. The van der Waals surface area contributed by atoms with Crippen LogP contribution in [0, 0.1) is 6.92 Å². The number of nitrogens with one attached hydrogen (secondary N) is 1. The SMILES string of the molecule is Cc1nccn1CC(C)NCc1csc(-c2cnccn2)n1. The molecule has 0 aliphatic heterocycles. The predicted octanol–water partition coefficient (Wildman–Crippen LogP) is 2.28. The molecular formula is C15H18N6S. The average molecular weight is 314 g/mol. The van der Waals surface area contributed by atoms with Gasteiger partial charge in [-0.2, -0.15) is 0 Å². The summed E-state index contributed by atoms with van der Waals surface area (Å²) in [5.41, 5.74) is 1.85. The van der Waals surface area contributed by atoms with Gasteiger partial charge in [-0.05, 0) is 13.8 Å². The fourth-order valence-corrected chi connectivity index (χ4v) is 2.93. The van der Waals surface area contributed by atoms with Crippen molar-refractivity contribution in [3.63, 3.8) is 0 Å². The molecule has 0 saturated heterocycles. The lowest BCUT2D eigenvalue weighted by atomic mass is 10.3. The second-order valence-electron chi connectivity index (χ2n) is 5.14. The summed E-state index contributed by atoms with van der Waals surface area (Å²) in [4.78, 5) is 17.2. The van der Waals surface area contributed by atoms with Gasteiger partial charge in [-0.3, -0.25) is 9.97 Å². The minimum Gasteiger partial charge on any atom is -0.334 e. The Kier molecular flexibility index (Phi) is 4.55. The number of imidazole rings is 1. The molecule has 0 bridgehead atoms. The van der Waals surface area contributed by atoms with Gasteiger partial charge in [0.2, 0.25) is 0 Å². The van der Waals surface area contributed by atoms with Gasteiger partial charge in [0.1, 0.15) is 16.5 Å². The van der Waals surface area contributed by atoms with E-state index in [1.807, 2.05) is 19.3 Å². The van der Waals surface area contributed by atoms with E-state index in [1.54, 1.807) is 29.9 Å². The minimum atomic E-state index is 0.342. The minimum absolute atomic E-state index is 0.342. The van der Waals surface area contributed by atoms with E-state index in [1.165, 1.54) is 0 Å². The molecule has 0 spiro atoms. The molecule has 0 aromatic carbocycles. The number of rotatable bonds is 6. The Morgan fingerprint density at radius 3 is 2.91 bits per heavy atom. The Hall–Kier alpha value is -2.12. The molecule has 0 saturated carbocycles. The molecule has 1 N–H and O–H groups in total. The van der Waals surface area contributed by atoms with Crippen molar-refractivity contribution in [1.82, 2.24) is 29.8 Å². The highest BCUT2D eigenvalue weighted by Crippen LogP contribution is 2.20. The summed E-state index contributed by atoms with van der Waals surface area (Å²) in [6.45, 7) is 5.81. The molecule has 1 unspecified atom stereocenters. The largest absolute Gasteiger partial charge is 0.334 e. The average Bonchev–Trinajstić information content (AvgIpc) is 3.16. The molecule has 6 nitrogen and oxygen atoms in total. The van der Waals surface area contributed by atoms with Gasteiger partial charge < -0.3 is 9.88 Å². The number of thiazole rings is 1. The molecule has 114 valence electrons. The van der Waals surface area contributed by atoms with Gasteiger partial charge in [-0.25, -0.2) is 9.97 Å². The summed E-state index contributed by atoms with van der Waals surface area (Å²) >= 11 is 1.59. The number of nitrogens with zero attached hydrogens (tertiary/aromatic N) is 5. The fraction of sp³-hybridized carbons (Fsp3) is 0.333. The van der Waals surface area contributed by atoms with Crippen LogP contribution in [-0.4, -0.2) is 30.5 Å². The highest BCUT2D eigenvalue weighted by atomic mass is 32.1. The van der Waals surface area contributed by atoms with Crippen LogP contribution >= 0.6 is 11.3 Å². The van der Waals surface area contributed by atoms with Crippen LogP contribution in [0.5, 0.6) is 0 Å². The third kappa shape index (κ3) is 3.55. The fourth-order valence-electron chi connectivity index (χ4n) is 2.15. The summed E-state index contributed by atoms with van der Waals surface area (Å²) in [7, 11) is 0. The number of hydrogen-bond donors (Lipinski definition) is 1. The van der Waals surface area contributed by atoms with Crippen LogP contribution in [0.25, 0.3) is 10.7 Å². The Bertz CT molecular complexity index is 720. The van der Waals surface area contributed by atoms with Crippen LogP contribution in [0.4, 0.5) is 0 Å². The molecule has 3 heterocycles. The number of aromatic nitrogens is 5. The summed E-state index contributed by atoms with van der Waals surface area (Å²) in [5, 5.41) is 6.46. The molecule has 0 aliphatic rings. The van der Waals surface area contributed by atoms with Crippen molar-refractivity contribution in [3.8, 4) is 10.7 Å². The molecule has 3 aromatic rings. The maximum Gasteiger partial charge on any atom is 0.143 e. The number of hydrogen-bond acceptors (Lipinski definition) is 6. The van der Waals surface area contributed by atoms with Gasteiger partial charge in [0, 0.05) is 49.3 Å². The maximum atomic E-state index is 4.60. The van der Waals surface area contributed by atoms with Crippen LogP contribution in [0.3, 0.4) is 0 Å². The zero-order chi connectivity index (χ0) is 15.4. The Labute approximate surface area is 133 Å². The van der Waals surface area contributed by atoms with Crippen LogP contribution < -0.4 is 5.32 Å². The molecule has 1 atom stereocenters. The molecule has 0 radical (unpaired) electrons. The number of aryl methyl sites for hydroxylation is 1. The van der Waals surface area contributed by atoms with Crippen LogP contribution in [0.2, 0.25) is 0 Å². The monoisotopic (exact) mass is 314 g/mol. The normalized spacial score (nSPS) is 12.5. The van der Waals surface area contributed by atoms with Crippen LogP contribution in [-0.2, 0) is 13.1 Å². The lowest BCUT2D eigenvalue weighted by Gasteiger charge is -2.14. The molecule has 0 fully saturated rings. The van der Waals surface area contributed by atoms with E-state index in [2.05, 4.69) is 42.1 Å². The smallest absolute Gasteiger partial charge is 0.143 e. The Balaban J connectivity index is 1.56. The molecule has 3 aromatic heterocycles. The highest BCUT2D eigenvalue weighted by molar-refractivity contribution is 7.13. The van der Waals surface area contributed by atoms with Crippen molar-refractivity contribution in [2.24, 2.45) is 0 Å². The van der Waals surface area contributed by atoms with Gasteiger partial charge in [0.05, 0.1) is 11.9 Å². The summed E-state index contributed by atoms with van der Waals surface area (Å²) in [6, 6.07) is 0.342.